The van der Waals surface area contributed by atoms with E-state index in [1.165, 1.54) is 24.8 Å². The summed E-state index contributed by atoms with van der Waals surface area (Å²) in [5, 5.41) is 3.91. The predicted molar refractivity (Wildman–Crippen MR) is 90.9 cm³/mol. The lowest BCUT2D eigenvalue weighted by molar-refractivity contribution is 0.143. The fourth-order valence-electron chi connectivity index (χ4n) is 3.90. The van der Waals surface area contributed by atoms with Gasteiger partial charge in [0.05, 0.1) is 0 Å². The second-order valence-corrected chi connectivity index (χ2v) is 8.20. The molecule has 0 bridgehead atoms. The average molecular weight is 338 g/mol. The van der Waals surface area contributed by atoms with Crippen molar-refractivity contribution in [1.29, 1.82) is 0 Å². The van der Waals surface area contributed by atoms with Crippen molar-refractivity contribution in [2.75, 3.05) is 0 Å². The molecule has 1 aromatic rings. The molecule has 20 heavy (non-hydrogen) atoms. The minimum atomic E-state index is 0.480. The Hall–Kier alpha value is -0.340. The van der Waals surface area contributed by atoms with Crippen LogP contribution in [0, 0.1) is 11.3 Å². The summed E-state index contributed by atoms with van der Waals surface area (Å²) in [5.74, 6) is 0.832. The number of hydrogen-bond acceptors (Lipinski definition) is 1. The van der Waals surface area contributed by atoms with Crippen LogP contribution in [-0.2, 0) is 0 Å². The van der Waals surface area contributed by atoms with E-state index in [0.29, 0.717) is 17.5 Å². The first-order valence-corrected chi connectivity index (χ1v) is 8.70. The average Bonchev–Trinajstić information content (AvgIpc) is 2.34. The Morgan fingerprint density at radius 2 is 1.90 bits per heavy atom. The van der Waals surface area contributed by atoms with E-state index in [-0.39, 0.29) is 0 Å². The minimum Gasteiger partial charge on any atom is -0.307 e. The van der Waals surface area contributed by atoms with Crippen molar-refractivity contribution in [1.82, 2.24) is 5.32 Å². The maximum Gasteiger partial charge on any atom is 0.0320 e. The van der Waals surface area contributed by atoms with Gasteiger partial charge in [-0.05, 0) is 54.7 Å². The van der Waals surface area contributed by atoms with Gasteiger partial charge in [-0.15, -0.1) is 0 Å². The number of benzene rings is 1. The Kier molecular flexibility index (Phi) is 5.30. The molecule has 1 fully saturated rings. The van der Waals surface area contributed by atoms with Crippen LogP contribution in [0.15, 0.2) is 28.7 Å². The first-order valence-electron chi connectivity index (χ1n) is 7.91. The highest BCUT2D eigenvalue weighted by atomic mass is 79.9. The van der Waals surface area contributed by atoms with Gasteiger partial charge in [-0.3, -0.25) is 0 Å². The lowest BCUT2D eigenvalue weighted by atomic mass is 9.70. The van der Waals surface area contributed by atoms with Crippen LogP contribution in [0.3, 0.4) is 0 Å². The summed E-state index contributed by atoms with van der Waals surface area (Å²) in [5.41, 5.74) is 1.89. The summed E-state index contributed by atoms with van der Waals surface area (Å²) in [7, 11) is 0. The monoisotopic (exact) mass is 337 g/mol. The number of halogens is 1. The molecule has 1 N–H and O–H groups in total. The molecule has 0 amide bonds. The molecule has 2 heteroatoms. The predicted octanol–water partition coefficient (Wildman–Crippen LogP) is 5.70. The van der Waals surface area contributed by atoms with E-state index >= 15 is 0 Å². The zero-order valence-electron chi connectivity index (χ0n) is 13.2. The molecule has 1 aromatic carbocycles. The van der Waals surface area contributed by atoms with Gasteiger partial charge >= 0.3 is 0 Å². The minimum absolute atomic E-state index is 0.480. The fraction of sp³-hybridized carbons (Fsp3) is 0.667. The van der Waals surface area contributed by atoms with Crippen LogP contribution in [0.5, 0.6) is 0 Å². The molecular formula is C18H28BrN. The topological polar surface area (TPSA) is 12.0 Å². The molecule has 2 rings (SSSR count). The number of hydrogen-bond donors (Lipinski definition) is 1. The van der Waals surface area contributed by atoms with Crippen LogP contribution in [0.25, 0.3) is 0 Å². The molecule has 1 nitrogen and oxygen atoms in total. The van der Waals surface area contributed by atoms with Gasteiger partial charge in [0.1, 0.15) is 0 Å². The third-order valence-corrected chi connectivity index (χ3v) is 5.03. The van der Waals surface area contributed by atoms with Crippen LogP contribution in [0.2, 0.25) is 0 Å². The lowest BCUT2D eigenvalue weighted by Crippen LogP contribution is -2.41. The summed E-state index contributed by atoms with van der Waals surface area (Å²) < 4.78 is 1.16. The van der Waals surface area contributed by atoms with Gasteiger partial charge in [0, 0.05) is 16.6 Å². The highest BCUT2D eigenvalue weighted by molar-refractivity contribution is 9.10. The maximum absolute atomic E-state index is 3.91. The van der Waals surface area contributed by atoms with E-state index in [2.05, 4.69) is 73.2 Å². The Bertz CT molecular complexity index is 424. The summed E-state index contributed by atoms with van der Waals surface area (Å²) in [6.07, 6.45) is 5.12. The number of nitrogens with one attached hydrogen (secondary N) is 1. The molecular weight excluding hydrogens is 310 g/mol. The molecule has 1 saturated carbocycles. The van der Waals surface area contributed by atoms with E-state index in [9.17, 15) is 0 Å². The molecule has 3 atom stereocenters. The zero-order chi connectivity index (χ0) is 14.8. The first kappa shape index (κ1) is 16.0. The van der Waals surface area contributed by atoms with Gasteiger partial charge in [-0.25, -0.2) is 0 Å². The molecule has 0 spiro atoms. The van der Waals surface area contributed by atoms with Crippen molar-refractivity contribution in [2.45, 2.75) is 65.5 Å². The summed E-state index contributed by atoms with van der Waals surface area (Å²) >= 11 is 3.52. The van der Waals surface area contributed by atoms with Gasteiger partial charge in [0.25, 0.3) is 0 Å². The molecule has 1 aliphatic rings. The van der Waals surface area contributed by atoms with Crippen molar-refractivity contribution in [3.8, 4) is 0 Å². The second-order valence-electron chi connectivity index (χ2n) is 7.29. The zero-order valence-corrected chi connectivity index (χ0v) is 14.8. The standard InChI is InChI=1S/C18H28BrN/c1-5-17(14-6-8-15(19)9-7-14)20-16-10-13(2)11-18(3,4)12-16/h6-9,13,16-17,20H,5,10-12H2,1-4H3. The largest absolute Gasteiger partial charge is 0.307 e. The molecule has 0 aromatic heterocycles. The van der Waals surface area contributed by atoms with Crippen molar-refractivity contribution in [3.63, 3.8) is 0 Å². The van der Waals surface area contributed by atoms with E-state index in [0.717, 1.165) is 16.8 Å². The molecule has 1 aliphatic carbocycles. The van der Waals surface area contributed by atoms with Gasteiger partial charge in [0.2, 0.25) is 0 Å². The molecule has 3 unspecified atom stereocenters. The molecule has 0 aliphatic heterocycles. The van der Waals surface area contributed by atoms with Crippen LogP contribution >= 0.6 is 15.9 Å². The smallest absolute Gasteiger partial charge is 0.0320 e. The summed E-state index contributed by atoms with van der Waals surface area (Å²) in [6, 6.07) is 9.91. The van der Waals surface area contributed by atoms with Crippen molar-refractivity contribution in [3.05, 3.63) is 34.3 Å². The van der Waals surface area contributed by atoms with Crippen LogP contribution in [-0.4, -0.2) is 6.04 Å². The summed E-state index contributed by atoms with van der Waals surface area (Å²) in [6.45, 7) is 9.50. The Balaban J connectivity index is 2.04. The quantitative estimate of drug-likeness (QED) is 0.742. The van der Waals surface area contributed by atoms with Crippen molar-refractivity contribution < 1.29 is 0 Å². The third kappa shape index (κ3) is 4.33. The fourth-order valence-corrected chi connectivity index (χ4v) is 4.17. The van der Waals surface area contributed by atoms with Crippen molar-refractivity contribution >= 4 is 15.9 Å². The normalized spacial score (nSPS) is 27.2. The van der Waals surface area contributed by atoms with E-state index < -0.39 is 0 Å². The second kappa shape index (κ2) is 6.62. The third-order valence-electron chi connectivity index (χ3n) is 4.50. The lowest BCUT2D eigenvalue weighted by Gasteiger charge is -2.40. The molecule has 0 heterocycles. The van der Waals surface area contributed by atoms with Crippen LogP contribution < -0.4 is 5.32 Å². The number of rotatable bonds is 4. The Morgan fingerprint density at radius 3 is 2.45 bits per heavy atom. The maximum atomic E-state index is 3.91. The summed E-state index contributed by atoms with van der Waals surface area (Å²) in [4.78, 5) is 0. The van der Waals surface area contributed by atoms with E-state index in [4.69, 9.17) is 0 Å². The van der Waals surface area contributed by atoms with Crippen molar-refractivity contribution in [2.24, 2.45) is 11.3 Å². The molecule has 112 valence electrons. The van der Waals surface area contributed by atoms with Crippen LogP contribution in [0.1, 0.15) is 65.0 Å². The molecule has 0 saturated heterocycles. The highest BCUT2D eigenvalue weighted by Gasteiger charge is 2.32. The van der Waals surface area contributed by atoms with E-state index in [1.807, 2.05) is 0 Å². The first-order chi connectivity index (χ1) is 9.39. The van der Waals surface area contributed by atoms with Gasteiger partial charge in [-0.2, -0.15) is 0 Å². The van der Waals surface area contributed by atoms with Gasteiger partial charge in [-0.1, -0.05) is 55.8 Å². The van der Waals surface area contributed by atoms with E-state index in [1.54, 1.807) is 0 Å². The van der Waals surface area contributed by atoms with Crippen LogP contribution in [0.4, 0.5) is 0 Å². The molecule has 0 radical (unpaired) electrons. The van der Waals surface area contributed by atoms with Gasteiger partial charge in [0.15, 0.2) is 0 Å². The SMILES string of the molecule is CCC(NC1CC(C)CC(C)(C)C1)c1ccc(Br)cc1. The Labute approximate surface area is 132 Å². The highest BCUT2D eigenvalue weighted by Crippen LogP contribution is 2.39. The Morgan fingerprint density at radius 1 is 1.25 bits per heavy atom. The van der Waals surface area contributed by atoms with Gasteiger partial charge < -0.3 is 5.32 Å².